The summed E-state index contributed by atoms with van der Waals surface area (Å²) in [7, 11) is 0. The highest BCUT2D eigenvalue weighted by Gasteiger charge is 2.53. The fraction of sp³-hybridized carbons (Fsp3) is 1.00. The molecular weight excluding hydrogens is 292 g/mol. The molecule has 0 aromatic carbocycles. The van der Waals surface area contributed by atoms with Gasteiger partial charge in [0.05, 0.1) is 32.3 Å². The molecule has 0 aromatic rings. The summed E-state index contributed by atoms with van der Waals surface area (Å²) in [5.74, 6) is 0.909. The lowest BCUT2D eigenvalue weighted by molar-refractivity contribution is -0.341. The van der Waals surface area contributed by atoms with Crippen LogP contribution in [0.25, 0.3) is 0 Å². The molecule has 2 spiro atoms. The summed E-state index contributed by atoms with van der Waals surface area (Å²) >= 11 is 0. The molecular formula is C19H34O4. The molecule has 3 aliphatic rings. The quantitative estimate of drug-likeness (QED) is 0.778. The third-order valence-corrected chi connectivity index (χ3v) is 5.27. The van der Waals surface area contributed by atoms with Gasteiger partial charge in [0.15, 0.2) is 11.6 Å². The van der Waals surface area contributed by atoms with Gasteiger partial charge in [-0.1, -0.05) is 27.7 Å². The molecule has 0 bridgehead atoms. The number of hydrogen-bond donors (Lipinski definition) is 0. The molecule has 0 N–H and O–H groups in total. The molecule has 2 saturated heterocycles. The van der Waals surface area contributed by atoms with Crippen LogP contribution in [-0.4, -0.2) is 37.5 Å². The molecule has 134 valence electrons. The van der Waals surface area contributed by atoms with Crippen LogP contribution in [0.1, 0.15) is 66.2 Å². The van der Waals surface area contributed by atoms with Crippen LogP contribution in [0.2, 0.25) is 0 Å². The smallest absolute Gasteiger partial charge is 0.174 e. The Labute approximate surface area is 141 Å². The molecule has 2 heterocycles. The largest absolute Gasteiger partial charge is 0.349 e. The third kappa shape index (κ3) is 4.28. The van der Waals surface area contributed by atoms with Crippen LogP contribution in [0.5, 0.6) is 0 Å². The van der Waals surface area contributed by atoms with Gasteiger partial charge < -0.3 is 18.9 Å². The molecule has 2 unspecified atom stereocenters. The minimum absolute atomic E-state index is 0.224. The summed E-state index contributed by atoms with van der Waals surface area (Å²) in [6, 6.07) is 0. The molecule has 3 rings (SSSR count). The first-order valence-corrected chi connectivity index (χ1v) is 9.50. The van der Waals surface area contributed by atoms with Crippen molar-refractivity contribution in [2.24, 2.45) is 17.8 Å². The first kappa shape index (κ1) is 17.7. The van der Waals surface area contributed by atoms with Gasteiger partial charge in [0, 0.05) is 18.8 Å². The highest BCUT2D eigenvalue weighted by Crippen LogP contribution is 2.46. The first-order valence-electron chi connectivity index (χ1n) is 9.50. The third-order valence-electron chi connectivity index (χ3n) is 5.27. The standard InChI is InChI=1S/C19H34O4/c1-14(2)8-16-10-20-18(21-11-16)6-5-7-19(13-18)22-12-17(23-19)9-15(3)4/h14-17H,5-13H2,1-4H3. The maximum atomic E-state index is 6.34. The molecule has 2 aliphatic heterocycles. The SMILES string of the molecule is CC(C)CC1COC2(CCCC3(C2)OCC(CC(C)C)O3)OC1. The van der Waals surface area contributed by atoms with Gasteiger partial charge in [-0.25, -0.2) is 0 Å². The van der Waals surface area contributed by atoms with E-state index in [1.54, 1.807) is 0 Å². The Morgan fingerprint density at radius 1 is 0.826 bits per heavy atom. The second-order valence-electron chi connectivity index (χ2n) is 8.65. The zero-order valence-corrected chi connectivity index (χ0v) is 15.3. The number of ether oxygens (including phenoxy) is 4. The molecule has 2 atom stereocenters. The molecule has 4 nitrogen and oxygen atoms in total. The molecule has 0 radical (unpaired) electrons. The van der Waals surface area contributed by atoms with E-state index in [0.29, 0.717) is 24.4 Å². The summed E-state index contributed by atoms with van der Waals surface area (Å²) in [6.45, 7) is 11.3. The minimum atomic E-state index is -0.474. The fourth-order valence-corrected chi connectivity index (χ4v) is 4.37. The molecule has 1 saturated carbocycles. The van der Waals surface area contributed by atoms with Crippen molar-refractivity contribution < 1.29 is 18.9 Å². The zero-order valence-electron chi connectivity index (χ0n) is 15.3. The van der Waals surface area contributed by atoms with Crippen LogP contribution in [0.4, 0.5) is 0 Å². The molecule has 4 heteroatoms. The Hall–Kier alpha value is -0.160. The Balaban J connectivity index is 1.57. The maximum Gasteiger partial charge on any atom is 0.174 e. The second kappa shape index (κ2) is 6.99. The summed E-state index contributed by atoms with van der Waals surface area (Å²) in [5, 5.41) is 0. The Kier molecular flexibility index (Phi) is 5.37. The van der Waals surface area contributed by atoms with Gasteiger partial charge in [0.1, 0.15) is 0 Å². The highest BCUT2D eigenvalue weighted by atomic mass is 16.8. The van der Waals surface area contributed by atoms with Gasteiger partial charge in [0.25, 0.3) is 0 Å². The van der Waals surface area contributed by atoms with Crippen molar-refractivity contribution >= 4 is 0 Å². The molecule has 0 aromatic heterocycles. The van der Waals surface area contributed by atoms with Crippen molar-refractivity contribution in [1.29, 1.82) is 0 Å². The van der Waals surface area contributed by atoms with Crippen LogP contribution in [0.15, 0.2) is 0 Å². The van der Waals surface area contributed by atoms with Crippen LogP contribution in [-0.2, 0) is 18.9 Å². The summed E-state index contributed by atoms with van der Waals surface area (Å²) in [5.41, 5.74) is 0. The van der Waals surface area contributed by atoms with E-state index in [1.165, 1.54) is 6.42 Å². The summed E-state index contributed by atoms with van der Waals surface area (Å²) in [6.07, 6.45) is 6.16. The molecule has 23 heavy (non-hydrogen) atoms. The van der Waals surface area contributed by atoms with Gasteiger partial charge in [-0.2, -0.15) is 0 Å². The topological polar surface area (TPSA) is 36.9 Å². The molecule has 1 aliphatic carbocycles. The Morgan fingerprint density at radius 3 is 2.09 bits per heavy atom. The molecule has 0 amide bonds. The van der Waals surface area contributed by atoms with E-state index in [-0.39, 0.29) is 6.10 Å². The van der Waals surface area contributed by atoms with Gasteiger partial charge in [-0.05, 0) is 31.1 Å². The van der Waals surface area contributed by atoms with E-state index in [1.807, 2.05) is 0 Å². The van der Waals surface area contributed by atoms with Crippen molar-refractivity contribution in [2.45, 2.75) is 83.9 Å². The predicted molar refractivity (Wildman–Crippen MR) is 89.1 cm³/mol. The van der Waals surface area contributed by atoms with Crippen molar-refractivity contribution in [3.8, 4) is 0 Å². The lowest BCUT2D eigenvalue weighted by Crippen LogP contribution is -2.53. The van der Waals surface area contributed by atoms with E-state index in [2.05, 4.69) is 27.7 Å². The fourth-order valence-electron chi connectivity index (χ4n) is 4.37. The van der Waals surface area contributed by atoms with Crippen molar-refractivity contribution in [1.82, 2.24) is 0 Å². The van der Waals surface area contributed by atoms with Gasteiger partial charge in [-0.15, -0.1) is 0 Å². The van der Waals surface area contributed by atoms with Crippen LogP contribution in [0.3, 0.4) is 0 Å². The monoisotopic (exact) mass is 326 g/mol. The van der Waals surface area contributed by atoms with Crippen LogP contribution < -0.4 is 0 Å². The summed E-state index contributed by atoms with van der Waals surface area (Å²) < 4.78 is 25.0. The summed E-state index contributed by atoms with van der Waals surface area (Å²) in [4.78, 5) is 0. The minimum Gasteiger partial charge on any atom is -0.349 e. The van der Waals surface area contributed by atoms with E-state index < -0.39 is 11.6 Å². The van der Waals surface area contributed by atoms with Crippen LogP contribution in [0, 0.1) is 17.8 Å². The zero-order chi connectivity index (χ0) is 16.5. The number of hydrogen-bond acceptors (Lipinski definition) is 4. The maximum absolute atomic E-state index is 6.34. The van der Waals surface area contributed by atoms with E-state index in [9.17, 15) is 0 Å². The lowest BCUT2D eigenvalue weighted by Gasteiger charge is -2.47. The highest BCUT2D eigenvalue weighted by molar-refractivity contribution is 4.92. The molecule has 3 fully saturated rings. The van der Waals surface area contributed by atoms with Crippen molar-refractivity contribution in [2.75, 3.05) is 19.8 Å². The van der Waals surface area contributed by atoms with Gasteiger partial charge >= 0.3 is 0 Å². The van der Waals surface area contributed by atoms with E-state index in [4.69, 9.17) is 18.9 Å². The average molecular weight is 326 g/mol. The van der Waals surface area contributed by atoms with Gasteiger partial charge in [-0.3, -0.25) is 0 Å². The van der Waals surface area contributed by atoms with Crippen molar-refractivity contribution in [3.63, 3.8) is 0 Å². The Bertz CT molecular complexity index is 387. The first-order chi connectivity index (χ1) is 10.9. The van der Waals surface area contributed by atoms with Crippen LogP contribution >= 0.6 is 0 Å². The normalized spacial score (nSPS) is 41.5. The number of rotatable bonds is 4. The predicted octanol–water partition coefficient (Wildman–Crippen LogP) is 4.12. The Morgan fingerprint density at radius 2 is 1.43 bits per heavy atom. The van der Waals surface area contributed by atoms with E-state index in [0.717, 1.165) is 45.3 Å². The second-order valence-corrected chi connectivity index (χ2v) is 8.65. The van der Waals surface area contributed by atoms with Crippen molar-refractivity contribution in [3.05, 3.63) is 0 Å². The van der Waals surface area contributed by atoms with Gasteiger partial charge in [0.2, 0.25) is 0 Å². The average Bonchev–Trinajstić information content (AvgIpc) is 2.82. The van der Waals surface area contributed by atoms with E-state index >= 15 is 0 Å². The lowest BCUT2D eigenvalue weighted by atomic mass is 9.87.